The smallest absolute Gasteiger partial charge is 0.161 e. The Labute approximate surface area is 150 Å². The Morgan fingerprint density at radius 3 is 2.33 bits per heavy atom. The molecule has 0 amide bonds. The summed E-state index contributed by atoms with van der Waals surface area (Å²) in [5.74, 6) is 2.14. The molecule has 2 rings (SSSR count). The van der Waals surface area contributed by atoms with E-state index < -0.39 is 0 Å². The van der Waals surface area contributed by atoms with Crippen LogP contribution in [-0.2, 0) is 11.4 Å². The first-order chi connectivity index (χ1) is 11.7. The van der Waals surface area contributed by atoms with Crippen LogP contribution >= 0.6 is 15.9 Å². The number of oxime groups is 1. The lowest BCUT2D eigenvalue weighted by Gasteiger charge is -2.11. The lowest BCUT2D eigenvalue weighted by molar-refractivity contribution is 0.131. The van der Waals surface area contributed by atoms with Crippen molar-refractivity contribution in [3.8, 4) is 17.2 Å². The number of halogens is 1. The van der Waals surface area contributed by atoms with Crippen molar-refractivity contribution in [1.29, 1.82) is 0 Å². The van der Waals surface area contributed by atoms with Crippen molar-refractivity contribution in [3.05, 3.63) is 52.0 Å². The molecule has 0 saturated carbocycles. The van der Waals surface area contributed by atoms with Gasteiger partial charge in [-0.2, -0.15) is 0 Å². The molecule has 5 nitrogen and oxygen atoms in total. The van der Waals surface area contributed by atoms with E-state index in [9.17, 15) is 0 Å². The highest BCUT2D eigenvalue weighted by atomic mass is 79.9. The van der Waals surface area contributed by atoms with Crippen LogP contribution in [0.25, 0.3) is 0 Å². The Hall–Kier alpha value is -2.21. The van der Waals surface area contributed by atoms with Crippen LogP contribution in [0.4, 0.5) is 0 Å². The molecule has 0 aromatic heterocycles. The van der Waals surface area contributed by atoms with E-state index in [4.69, 9.17) is 19.0 Å². The summed E-state index contributed by atoms with van der Waals surface area (Å²) in [7, 11) is 3.20. The Morgan fingerprint density at radius 2 is 1.71 bits per heavy atom. The second kappa shape index (κ2) is 9.17. The van der Waals surface area contributed by atoms with Crippen molar-refractivity contribution >= 4 is 22.1 Å². The molecule has 2 aromatic carbocycles. The van der Waals surface area contributed by atoms with Gasteiger partial charge in [0.2, 0.25) is 0 Å². The molecule has 0 bridgehead atoms. The van der Waals surface area contributed by atoms with Gasteiger partial charge in [-0.15, -0.1) is 0 Å². The SMILES string of the molecule is CCOc1ccc(/C=N/OCc2cc(OC)c(OC)cc2Br)cc1. The fraction of sp³-hybridized carbons (Fsp3) is 0.278. The van der Waals surface area contributed by atoms with Crippen LogP contribution in [0.1, 0.15) is 18.1 Å². The van der Waals surface area contributed by atoms with Crippen LogP contribution in [0.2, 0.25) is 0 Å². The summed E-state index contributed by atoms with van der Waals surface area (Å²) in [6.45, 7) is 2.92. The molecule has 0 heterocycles. The maximum atomic E-state index is 5.40. The third-order valence-corrected chi connectivity index (χ3v) is 3.98. The van der Waals surface area contributed by atoms with Crippen LogP contribution in [0, 0.1) is 0 Å². The van der Waals surface area contributed by atoms with Crippen molar-refractivity contribution in [2.45, 2.75) is 13.5 Å². The summed E-state index contributed by atoms with van der Waals surface area (Å²) in [5, 5.41) is 3.99. The summed E-state index contributed by atoms with van der Waals surface area (Å²) >= 11 is 3.49. The zero-order valence-electron chi connectivity index (χ0n) is 13.9. The van der Waals surface area contributed by atoms with Crippen LogP contribution < -0.4 is 14.2 Å². The molecular weight excluding hydrogens is 374 g/mol. The van der Waals surface area contributed by atoms with E-state index in [1.165, 1.54) is 0 Å². The Bertz CT molecular complexity index is 686. The summed E-state index contributed by atoms with van der Waals surface area (Å²) in [4.78, 5) is 5.37. The molecule has 0 saturated heterocycles. The number of nitrogens with zero attached hydrogens (tertiary/aromatic N) is 1. The van der Waals surface area contributed by atoms with E-state index in [2.05, 4.69) is 21.1 Å². The van der Waals surface area contributed by atoms with Crippen molar-refractivity contribution < 1.29 is 19.0 Å². The molecule has 0 aliphatic carbocycles. The summed E-state index contributed by atoms with van der Waals surface area (Å²) in [5.41, 5.74) is 1.85. The molecule has 0 N–H and O–H groups in total. The van der Waals surface area contributed by atoms with E-state index in [0.29, 0.717) is 24.7 Å². The molecule has 0 unspecified atom stereocenters. The number of methoxy groups -OCH3 is 2. The molecule has 0 fully saturated rings. The first-order valence-electron chi connectivity index (χ1n) is 7.46. The second-order valence-electron chi connectivity index (χ2n) is 4.81. The van der Waals surface area contributed by atoms with Gasteiger partial charge in [0, 0.05) is 10.0 Å². The highest BCUT2D eigenvalue weighted by Gasteiger charge is 2.09. The van der Waals surface area contributed by atoms with E-state index in [0.717, 1.165) is 21.3 Å². The summed E-state index contributed by atoms with van der Waals surface area (Å²) in [6.07, 6.45) is 1.66. The average molecular weight is 394 g/mol. The first kappa shape index (κ1) is 18.1. The van der Waals surface area contributed by atoms with Gasteiger partial charge >= 0.3 is 0 Å². The molecule has 6 heteroatoms. The first-order valence-corrected chi connectivity index (χ1v) is 8.25. The number of benzene rings is 2. The molecular formula is C18H20BrNO4. The fourth-order valence-electron chi connectivity index (χ4n) is 2.03. The zero-order chi connectivity index (χ0) is 17.4. The quantitative estimate of drug-likeness (QED) is 0.492. The monoisotopic (exact) mass is 393 g/mol. The number of hydrogen-bond acceptors (Lipinski definition) is 5. The second-order valence-corrected chi connectivity index (χ2v) is 5.66. The standard InChI is InChI=1S/C18H20BrNO4/c1-4-23-15-7-5-13(6-8-15)11-20-24-12-14-9-17(21-2)18(22-3)10-16(14)19/h5-11H,4,12H2,1-3H3/b20-11+. The predicted molar refractivity (Wildman–Crippen MR) is 97.2 cm³/mol. The number of hydrogen-bond donors (Lipinski definition) is 0. The predicted octanol–water partition coefficient (Wildman–Crippen LogP) is 4.42. The van der Waals surface area contributed by atoms with Gasteiger partial charge < -0.3 is 19.0 Å². The number of ether oxygens (including phenoxy) is 3. The van der Waals surface area contributed by atoms with Gasteiger partial charge in [0.05, 0.1) is 27.0 Å². The minimum absolute atomic E-state index is 0.314. The molecule has 0 spiro atoms. The maximum Gasteiger partial charge on any atom is 0.161 e. The van der Waals surface area contributed by atoms with Gasteiger partial charge in [0.1, 0.15) is 12.4 Å². The largest absolute Gasteiger partial charge is 0.494 e. The molecule has 0 atom stereocenters. The van der Waals surface area contributed by atoms with E-state index >= 15 is 0 Å². The Morgan fingerprint density at radius 1 is 1.04 bits per heavy atom. The van der Waals surface area contributed by atoms with Crippen molar-refractivity contribution in [3.63, 3.8) is 0 Å². The molecule has 128 valence electrons. The van der Waals surface area contributed by atoms with Gasteiger partial charge in [0.25, 0.3) is 0 Å². The lowest BCUT2D eigenvalue weighted by atomic mass is 10.2. The van der Waals surface area contributed by atoms with Crippen LogP contribution in [0.15, 0.2) is 46.0 Å². The zero-order valence-corrected chi connectivity index (χ0v) is 15.5. The van der Waals surface area contributed by atoms with Gasteiger partial charge in [-0.3, -0.25) is 0 Å². The van der Waals surface area contributed by atoms with E-state index in [1.807, 2.05) is 43.3 Å². The van der Waals surface area contributed by atoms with Gasteiger partial charge in [-0.1, -0.05) is 21.1 Å². The van der Waals surface area contributed by atoms with Gasteiger partial charge in [0.15, 0.2) is 11.5 Å². The molecule has 24 heavy (non-hydrogen) atoms. The van der Waals surface area contributed by atoms with E-state index in [-0.39, 0.29) is 0 Å². The minimum atomic E-state index is 0.314. The fourth-order valence-corrected chi connectivity index (χ4v) is 2.47. The van der Waals surface area contributed by atoms with Crippen LogP contribution in [0.5, 0.6) is 17.2 Å². The third-order valence-electron chi connectivity index (χ3n) is 3.24. The highest BCUT2D eigenvalue weighted by molar-refractivity contribution is 9.10. The van der Waals surface area contributed by atoms with Crippen molar-refractivity contribution in [2.24, 2.45) is 5.16 Å². The third kappa shape index (κ3) is 4.89. The van der Waals surface area contributed by atoms with Crippen molar-refractivity contribution in [1.82, 2.24) is 0 Å². The highest BCUT2D eigenvalue weighted by Crippen LogP contribution is 2.33. The normalized spacial score (nSPS) is 10.7. The van der Waals surface area contributed by atoms with Crippen LogP contribution in [0.3, 0.4) is 0 Å². The van der Waals surface area contributed by atoms with Crippen LogP contribution in [-0.4, -0.2) is 27.0 Å². The number of rotatable bonds is 8. The maximum absolute atomic E-state index is 5.40. The van der Waals surface area contributed by atoms with E-state index in [1.54, 1.807) is 20.4 Å². The van der Waals surface area contributed by atoms with Gasteiger partial charge in [-0.25, -0.2) is 0 Å². The lowest BCUT2D eigenvalue weighted by Crippen LogP contribution is -1.95. The molecule has 2 aromatic rings. The molecule has 0 radical (unpaired) electrons. The topological polar surface area (TPSA) is 49.3 Å². The van der Waals surface area contributed by atoms with Crippen molar-refractivity contribution in [2.75, 3.05) is 20.8 Å². The molecule has 0 aliphatic heterocycles. The molecule has 0 aliphatic rings. The minimum Gasteiger partial charge on any atom is -0.494 e. The summed E-state index contributed by atoms with van der Waals surface area (Å²) < 4.78 is 16.8. The Kier molecular flexibility index (Phi) is 6.93. The average Bonchev–Trinajstić information content (AvgIpc) is 2.61. The Balaban J connectivity index is 1.96. The summed E-state index contributed by atoms with van der Waals surface area (Å²) in [6, 6.07) is 11.3. The van der Waals surface area contributed by atoms with Gasteiger partial charge in [-0.05, 0) is 48.9 Å².